The highest BCUT2D eigenvalue weighted by atomic mass is 15.2. The van der Waals surface area contributed by atoms with Crippen molar-refractivity contribution in [3.63, 3.8) is 0 Å². The molecule has 0 N–H and O–H groups in total. The highest BCUT2D eigenvalue weighted by Gasteiger charge is 2.36. The quantitative estimate of drug-likeness (QED) is 0.152. The Morgan fingerprint density at radius 2 is 0.672 bits per heavy atom. The van der Waals surface area contributed by atoms with Gasteiger partial charge >= 0.3 is 0 Å². The Bertz CT molecular complexity index is 3190. The predicted molar refractivity (Wildman–Crippen MR) is 260 cm³/mol. The Labute approximate surface area is 373 Å². The third kappa shape index (κ3) is 7.21. The van der Waals surface area contributed by atoms with E-state index >= 15 is 0 Å². The summed E-state index contributed by atoms with van der Waals surface area (Å²) in [4.78, 5) is 27.6. The number of anilines is 3. The fraction of sp³-hybridized carbons (Fsp3) is 0.0517. The van der Waals surface area contributed by atoms with Gasteiger partial charge in [0.15, 0.2) is 23.3 Å². The van der Waals surface area contributed by atoms with E-state index in [0.717, 1.165) is 61.6 Å². The van der Waals surface area contributed by atoms with Gasteiger partial charge in [0.05, 0.1) is 22.8 Å². The second kappa shape index (κ2) is 16.2. The van der Waals surface area contributed by atoms with Crippen molar-refractivity contribution >= 4 is 17.1 Å². The average molecular weight is 823 g/mol. The van der Waals surface area contributed by atoms with E-state index in [0.29, 0.717) is 23.3 Å². The van der Waals surface area contributed by atoms with E-state index in [9.17, 15) is 0 Å². The number of rotatable bonds is 8. The monoisotopic (exact) mass is 822 g/mol. The van der Waals surface area contributed by atoms with Gasteiger partial charge in [-0.2, -0.15) is 0 Å². The van der Waals surface area contributed by atoms with Crippen molar-refractivity contribution in [2.45, 2.75) is 19.3 Å². The van der Waals surface area contributed by atoms with Gasteiger partial charge in [0, 0.05) is 44.5 Å². The van der Waals surface area contributed by atoms with Gasteiger partial charge in [-0.05, 0) is 64.7 Å². The van der Waals surface area contributed by atoms with Gasteiger partial charge in [0.1, 0.15) is 0 Å². The number of aromatic nitrogens is 5. The fourth-order valence-electron chi connectivity index (χ4n) is 8.82. The van der Waals surface area contributed by atoms with Crippen molar-refractivity contribution in [1.29, 1.82) is 0 Å². The molecule has 0 saturated heterocycles. The molecule has 10 aromatic rings. The molecule has 11 rings (SSSR count). The average Bonchev–Trinajstić information content (AvgIpc) is 3.37. The van der Waals surface area contributed by atoms with Crippen LogP contribution in [0.15, 0.2) is 218 Å². The smallest absolute Gasteiger partial charge is 0.164 e. The summed E-state index contributed by atoms with van der Waals surface area (Å²) in [5.74, 6) is 2.55. The van der Waals surface area contributed by atoms with Gasteiger partial charge in [0.2, 0.25) is 0 Å². The number of fused-ring (bicyclic) bond motifs is 2. The molecular formula is C58H42N6. The third-order valence-electron chi connectivity index (χ3n) is 12.1. The first-order valence-corrected chi connectivity index (χ1v) is 21.6. The minimum Gasteiger partial charge on any atom is -0.310 e. The Balaban J connectivity index is 0.966. The fourth-order valence-corrected chi connectivity index (χ4v) is 8.82. The van der Waals surface area contributed by atoms with E-state index in [2.05, 4.69) is 158 Å². The molecule has 64 heavy (non-hydrogen) atoms. The third-order valence-corrected chi connectivity index (χ3v) is 12.1. The van der Waals surface area contributed by atoms with Crippen LogP contribution in [0, 0.1) is 0 Å². The Morgan fingerprint density at radius 3 is 1.19 bits per heavy atom. The maximum atomic E-state index is 5.18. The minimum absolute atomic E-state index is 0.123. The predicted octanol–water partition coefficient (Wildman–Crippen LogP) is 14.4. The first-order chi connectivity index (χ1) is 31.5. The molecule has 6 nitrogen and oxygen atoms in total. The molecule has 0 bridgehead atoms. The number of benzene rings is 8. The maximum absolute atomic E-state index is 5.18. The molecule has 304 valence electrons. The molecule has 0 amide bonds. The zero-order chi connectivity index (χ0) is 43.0. The summed E-state index contributed by atoms with van der Waals surface area (Å²) in [6.07, 6.45) is 0. The topological polar surface area (TPSA) is 67.7 Å². The van der Waals surface area contributed by atoms with Crippen LogP contribution in [-0.2, 0) is 5.41 Å². The molecule has 2 aromatic heterocycles. The van der Waals surface area contributed by atoms with Crippen LogP contribution in [-0.4, -0.2) is 24.9 Å². The van der Waals surface area contributed by atoms with E-state index in [1.165, 1.54) is 22.5 Å². The van der Waals surface area contributed by atoms with Crippen LogP contribution in [0.4, 0.5) is 17.1 Å². The van der Waals surface area contributed by atoms with Gasteiger partial charge in [-0.15, -0.1) is 0 Å². The largest absolute Gasteiger partial charge is 0.310 e. The summed E-state index contributed by atoms with van der Waals surface area (Å²) in [5, 5.41) is 0. The SMILES string of the molecule is CC1(C)c2ccccc2N(c2ccc(-c3cc(-c4cccc(-c5cccc(-c6nc(-c7ccccc7)nc(-c7ccccc7)n6)c5)c4)nc(-c4ccccc4)n3)cc2)c2ccccc21. The van der Waals surface area contributed by atoms with Gasteiger partial charge in [-0.25, -0.2) is 24.9 Å². The van der Waals surface area contributed by atoms with Gasteiger partial charge < -0.3 is 4.90 Å². The molecule has 0 unspecified atom stereocenters. The highest BCUT2D eigenvalue weighted by molar-refractivity contribution is 5.87. The maximum Gasteiger partial charge on any atom is 0.164 e. The van der Waals surface area contributed by atoms with E-state index in [-0.39, 0.29) is 5.41 Å². The van der Waals surface area contributed by atoms with Crippen LogP contribution in [0.1, 0.15) is 25.0 Å². The lowest BCUT2D eigenvalue weighted by atomic mass is 9.73. The summed E-state index contributed by atoms with van der Waals surface area (Å²) >= 11 is 0. The van der Waals surface area contributed by atoms with Crippen LogP contribution in [0.3, 0.4) is 0 Å². The molecule has 0 atom stereocenters. The Kier molecular flexibility index (Phi) is 9.74. The molecule has 0 spiro atoms. The van der Waals surface area contributed by atoms with Crippen molar-refractivity contribution in [1.82, 2.24) is 24.9 Å². The molecule has 0 fully saturated rings. The number of hydrogen-bond acceptors (Lipinski definition) is 6. The van der Waals surface area contributed by atoms with Crippen LogP contribution in [0.5, 0.6) is 0 Å². The van der Waals surface area contributed by atoms with E-state index < -0.39 is 0 Å². The zero-order valence-electron chi connectivity index (χ0n) is 35.5. The molecule has 1 aliphatic rings. The van der Waals surface area contributed by atoms with Crippen molar-refractivity contribution in [3.8, 4) is 79.2 Å². The van der Waals surface area contributed by atoms with Crippen LogP contribution < -0.4 is 4.90 Å². The molecule has 0 aliphatic carbocycles. The molecular weight excluding hydrogens is 781 g/mol. The molecule has 0 saturated carbocycles. The molecule has 1 aliphatic heterocycles. The van der Waals surface area contributed by atoms with Crippen LogP contribution in [0.2, 0.25) is 0 Å². The molecule has 0 radical (unpaired) electrons. The first kappa shape index (κ1) is 38.6. The number of nitrogens with zero attached hydrogens (tertiary/aromatic N) is 6. The number of para-hydroxylation sites is 2. The molecule has 8 aromatic carbocycles. The normalized spacial score (nSPS) is 12.6. The van der Waals surface area contributed by atoms with Crippen molar-refractivity contribution in [3.05, 3.63) is 230 Å². The first-order valence-electron chi connectivity index (χ1n) is 21.6. The highest BCUT2D eigenvalue weighted by Crippen LogP contribution is 2.51. The lowest BCUT2D eigenvalue weighted by Gasteiger charge is -2.42. The van der Waals surface area contributed by atoms with E-state index in [1.54, 1.807) is 0 Å². The minimum atomic E-state index is -0.123. The summed E-state index contributed by atoms with van der Waals surface area (Å²) < 4.78 is 0. The summed E-state index contributed by atoms with van der Waals surface area (Å²) in [6, 6.07) is 75.6. The van der Waals surface area contributed by atoms with Gasteiger partial charge in [0.25, 0.3) is 0 Å². The second-order valence-corrected chi connectivity index (χ2v) is 16.6. The number of hydrogen-bond donors (Lipinski definition) is 0. The molecule has 6 heteroatoms. The zero-order valence-corrected chi connectivity index (χ0v) is 35.5. The van der Waals surface area contributed by atoms with Crippen LogP contribution >= 0.6 is 0 Å². The van der Waals surface area contributed by atoms with Gasteiger partial charge in [-0.3, -0.25) is 0 Å². The standard InChI is InChI=1S/C58H42N6/c1-58(2)48-28-12-14-30-52(48)64(53-31-15-13-29-49(53)58)47-34-32-39(33-35-47)50-38-51(60-54(59-50)40-18-6-3-7-19-40)45-26-16-24-43(36-45)44-25-17-27-46(37-44)57-62-55(41-20-8-4-9-21-41)61-56(63-57)42-22-10-5-11-23-42/h3-38H,1-2H3. The second-order valence-electron chi connectivity index (χ2n) is 16.6. The summed E-state index contributed by atoms with van der Waals surface area (Å²) in [6.45, 7) is 4.63. The lowest BCUT2D eigenvalue weighted by Crippen LogP contribution is -2.30. The molecule has 3 heterocycles. The van der Waals surface area contributed by atoms with Crippen molar-refractivity contribution < 1.29 is 0 Å². The lowest BCUT2D eigenvalue weighted by molar-refractivity contribution is 0.632. The van der Waals surface area contributed by atoms with Crippen LogP contribution in [0.25, 0.3) is 79.2 Å². The van der Waals surface area contributed by atoms with Gasteiger partial charge in [-0.1, -0.05) is 190 Å². The summed E-state index contributed by atoms with van der Waals surface area (Å²) in [5.41, 5.74) is 15.5. The van der Waals surface area contributed by atoms with E-state index in [1.807, 2.05) is 78.9 Å². The Hall–Kier alpha value is -8.35. The van der Waals surface area contributed by atoms with E-state index in [4.69, 9.17) is 24.9 Å². The van der Waals surface area contributed by atoms with Crippen molar-refractivity contribution in [2.24, 2.45) is 0 Å². The van der Waals surface area contributed by atoms with Crippen molar-refractivity contribution in [2.75, 3.05) is 4.90 Å². The summed E-state index contributed by atoms with van der Waals surface area (Å²) in [7, 11) is 0. The Morgan fingerprint density at radius 1 is 0.297 bits per heavy atom.